The lowest BCUT2D eigenvalue weighted by Crippen LogP contribution is -2.10. The highest BCUT2D eigenvalue weighted by Gasteiger charge is 2.10. The Morgan fingerprint density at radius 2 is 1.82 bits per heavy atom. The number of halogens is 2. The van der Waals surface area contributed by atoms with E-state index in [9.17, 15) is 0 Å². The van der Waals surface area contributed by atoms with E-state index in [1.54, 1.807) is 18.2 Å². The second-order valence-electron chi connectivity index (χ2n) is 3.82. The zero-order chi connectivity index (χ0) is 12.6. The van der Waals surface area contributed by atoms with E-state index in [2.05, 4.69) is 4.98 Å². The van der Waals surface area contributed by atoms with Gasteiger partial charge in [0, 0.05) is 25.2 Å². The lowest BCUT2D eigenvalue weighted by atomic mass is 10.1. The molecule has 0 atom stereocenters. The minimum atomic E-state index is 0.361. The Morgan fingerprint density at radius 1 is 1.18 bits per heavy atom. The zero-order valence-electron chi connectivity index (χ0n) is 9.33. The topological polar surface area (TPSA) is 39.9 Å². The van der Waals surface area contributed by atoms with Crippen LogP contribution in [0.3, 0.4) is 0 Å². The maximum atomic E-state index is 8.94. The molecule has 0 unspecified atom stereocenters. The molecule has 2 aromatic rings. The van der Waals surface area contributed by atoms with E-state index >= 15 is 0 Å². The molecule has 0 N–H and O–H groups in total. The van der Waals surface area contributed by atoms with Crippen LogP contribution in [0.2, 0.25) is 10.0 Å². The molecule has 17 heavy (non-hydrogen) atoms. The molecule has 2 rings (SSSR count). The number of rotatable bonds is 1. The fourth-order valence-electron chi connectivity index (χ4n) is 1.63. The van der Waals surface area contributed by atoms with Crippen molar-refractivity contribution in [2.75, 3.05) is 19.0 Å². The van der Waals surface area contributed by atoms with Crippen LogP contribution in [-0.2, 0) is 0 Å². The Balaban J connectivity index is 2.87. The quantitative estimate of drug-likeness (QED) is 0.793. The minimum Gasteiger partial charge on any atom is -0.377 e. The molecule has 0 spiro atoms. The minimum absolute atomic E-state index is 0.361. The summed E-state index contributed by atoms with van der Waals surface area (Å²) in [5, 5.41) is 10.7. The molecule has 0 aliphatic heterocycles. The van der Waals surface area contributed by atoms with Gasteiger partial charge in [-0.3, -0.25) is 0 Å². The molecule has 0 radical (unpaired) electrons. The van der Waals surface area contributed by atoms with Crippen molar-refractivity contribution in [1.82, 2.24) is 4.98 Å². The van der Waals surface area contributed by atoms with Crippen molar-refractivity contribution in [1.29, 1.82) is 5.26 Å². The molecule has 1 heterocycles. The molecule has 0 saturated heterocycles. The van der Waals surface area contributed by atoms with Crippen LogP contribution in [0, 0.1) is 11.3 Å². The van der Waals surface area contributed by atoms with E-state index in [1.165, 1.54) is 0 Å². The first kappa shape index (κ1) is 12.0. The third-order valence-corrected chi connectivity index (χ3v) is 3.15. The second kappa shape index (κ2) is 4.40. The number of fused-ring (bicyclic) bond motifs is 1. The van der Waals surface area contributed by atoms with E-state index in [0.29, 0.717) is 21.3 Å². The van der Waals surface area contributed by atoms with Crippen molar-refractivity contribution in [3.8, 4) is 6.07 Å². The van der Waals surface area contributed by atoms with Crippen LogP contribution in [-0.4, -0.2) is 19.1 Å². The molecule has 0 aliphatic rings. The summed E-state index contributed by atoms with van der Waals surface area (Å²) in [7, 11) is 3.80. The second-order valence-corrected chi connectivity index (χ2v) is 4.63. The van der Waals surface area contributed by atoms with Crippen molar-refractivity contribution in [3.63, 3.8) is 0 Å². The van der Waals surface area contributed by atoms with Crippen molar-refractivity contribution >= 4 is 39.8 Å². The number of benzene rings is 1. The average molecular weight is 266 g/mol. The summed E-state index contributed by atoms with van der Waals surface area (Å²) >= 11 is 11.9. The standard InChI is InChI=1S/C12H9Cl2N3/c1-17(2)12-3-7(6-15)16-11-5-10(14)9(13)4-8(11)12/h3-5H,1-2H3. The Bertz CT molecular complexity index is 630. The smallest absolute Gasteiger partial charge is 0.143 e. The molecule has 0 bridgehead atoms. The Kier molecular flexibility index (Phi) is 3.10. The van der Waals surface area contributed by atoms with Crippen LogP contribution >= 0.6 is 23.2 Å². The van der Waals surface area contributed by atoms with Crippen molar-refractivity contribution in [2.24, 2.45) is 0 Å². The monoisotopic (exact) mass is 265 g/mol. The van der Waals surface area contributed by atoms with E-state index in [0.717, 1.165) is 11.1 Å². The van der Waals surface area contributed by atoms with Gasteiger partial charge in [0.2, 0.25) is 0 Å². The van der Waals surface area contributed by atoms with Gasteiger partial charge >= 0.3 is 0 Å². The fraction of sp³-hybridized carbons (Fsp3) is 0.167. The summed E-state index contributed by atoms with van der Waals surface area (Å²) in [4.78, 5) is 6.12. The van der Waals surface area contributed by atoms with Crippen LogP contribution in [0.5, 0.6) is 0 Å². The number of aromatic nitrogens is 1. The van der Waals surface area contributed by atoms with Gasteiger partial charge in [0.05, 0.1) is 15.6 Å². The van der Waals surface area contributed by atoms with Gasteiger partial charge in [0.15, 0.2) is 0 Å². The molecule has 0 fully saturated rings. The van der Waals surface area contributed by atoms with E-state index < -0.39 is 0 Å². The third-order valence-electron chi connectivity index (χ3n) is 2.43. The Hall–Kier alpha value is -1.50. The zero-order valence-corrected chi connectivity index (χ0v) is 10.8. The van der Waals surface area contributed by atoms with E-state index in [4.69, 9.17) is 28.5 Å². The van der Waals surface area contributed by atoms with Gasteiger partial charge in [0.1, 0.15) is 11.8 Å². The first-order valence-electron chi connectivity index (χ1n) is 4.90. The molecule has 1 aromatic carbocycles. The number of nitriles is 1. The van der Waals surface area contributed by atoms with Crippen LogP contribution in [0.15, 0.2) is 18.2 Å². The highest BCUT2D eigenvalue weighted by atomic mass is 35.5. The molecular weight excluding hydrogens is 257 g/mol. The van der Waals surface area contributed by atoms with Gasteiger partial charge in [0.25, 0.3) is 0 Å². The first-order valence-corrected chi connectivity index (χ1v) is 5.65. The lowest BCUT2D eigenvalue weighted by Gasteiger charge is -2.15. The largest absolute Gasteiger partial charge is 0.377 e. The molecule has 5 heteroatoms. The summed E-state index contributed by atoms with van der Waals surface area (Å²) in [5.41, 5.74) is 1.92. The number of anilines is 1. The summed E-state index contributed by atoms with van der Waals surface area (Å²) in [5.74, 6) is 0. The molecule has 0 saturated carbocycles. The van der Waals surface area contributed by atoms with E-state index in [1.807, 2.05) is 25.1 Å². The highest BCUT2D eigenvalue weighted by molar-refractivity contribution is 6.42. The Morgan fingerprint density at radius 3 is 2.41 bits per heavy atom. The summed E-state index contributed by atoms with van der Waals surface area (Å²) in [6.07, 6.45) is 0. The third kappa shape index (κ3) is 2.14. The Labute approximate surface area is 109 Å². The molecule has 1 aromatic heterocycles. The van der Waals surface area contributed by atoms with Gasteiger partial charge in [-0.15, -0.1) is 0 Å². The molecule has 3 nitrogen and oxygen atoms in total. The fourth-order valence-corrected chi connectivity index (χ4v) is 1.95. The van der Waals surface area contributed by atoms with Crippen LogP contribution < -0.4 is 4.90 Å². The lowest BCUT2D eigenvalue weighted by molar-refractivity contribution is 1.13. The number of hydrogen-bond acceptors (Lipinski definition) is 3. The van der Waals surface area contributed by atoms with Gasteiger partial charge < -0.3 is 4.90 Å². The highest BCUT2D eigenvalue weighted by Crippen LogP contribution is 2.32. The van der Waals surface area contributed by atoms with Crippen LogP contribution in [0.1, 0.15) is 5.69 Å². The normalized spacial score (nSPS) is 10.3. The SMILES string of the molecule is CN(C)c1cc(C#N)nc2cc(Cl)c(Cl)cc12. The maximum absolute atomic E-state index is 8.94. The maximum Gasteiger partial charge on any atom is 0.143 e. The van der Waals surface area contributed by atoms with Gasteiger partial charge in [-0.05, 0) is 18.2 Å². The predicted octanol–water partition coefficient (Wildman–Crippen LogP) is 3.48. The van der Waals surface area contributed by atoms with Crippen LogP contribution in [0.4, 0.5) is 5.69 Å². The van der Waals surface area contributed by atoms with Crippen molar-refractivity contribution < 1.29 is 0 Å². The molecule has 86 valence electrons. The van der Waals surface area contributed by atoms with Crippen LogP contribution in [0.25, 0.3) is 10.9 Å². The number of pyridine rings is 1. The number of hydrogen-bond donors (Lipinski definition) is 0. The predicted molar refractivity (Wildman–Crippen MR) is 70.8 cm³/mol. The van der Waals surface area contributed by atoms with Gasteiger partial charge in [-0.2, -0.15) is 5.26 Å². The molecule has 0 aliphatic carbocycles. The van der Waals surface area contributed by atoms with Gasteiger partial charge in [-0.25, -0.2) is 4.98 Å². The van der Waals surface area contributed by atoms with Gasteiger partial charge in [-0.1, -0.05) is 23.2 Å². The van der Waals surface area contributed by atoms with Crippen molar-refractivity contribution in [3.05, 3.63) is 33.9 Å². The number of nitrogens with zero attached hydrogens (tertiary/aromatic N) is 3. The molecule has 0 amide bonds. The van der Waals surface area contributed by atoms with E-state index in [-0.39, 0.29) is 0 Å². The summed E-state index contributed by atoms with van der Waals surface area (Å²) in [6.45, 7) is 0. The van der Waals surface area contributed by atoms with Crippen molar-refractivity contribution in [2.45, 2.75) is 0 Å². The molecular formula is C12H9Cl2N3. The summed E-state index contributed by atoms with van der Waals surface area (Å²) in [6, 6.07) is 7.20. The average Bonchev–Trinajstić information content (AvgIpc) is 2.29. The first-order chi connectivity index (χ1) is 8.02. The summed E-state index contributed by atoms with van der Waals surface area (Å²) < 4.78 is 0.